The number of anilines is 1. The van der Waals surface area contributed by atoms with E-state index < -0.39 is 5.97 Å². The lowest BCUT2D eigenvalue weighted by molar-refractivity contribution is 0.0697. The number of benzene rings is 1. The highest BCUT2D eigenvalue weighted by molar-refractivity contribution is 7.10. The molecule has 3 rings (SSSR count). The van der Waals surface area contributed by atoms with Gasteiger partial charge >= 0.3 is 5.97 Å². The first-order chi connectivity index (χ1) is 9.24. The topological polar surface area (TPSA) is 49.3 Å². The third-order valence-corrected chi connectivity index (χ3v) is 4.33. The van der Waals surface area contributed by atoms with E-state index in [2.05, 4.69) is 22.8 Å². The quantitative estimate of drug-likeness (QED) is 0.865. The van der Waals surface area contributed by atoms with Crippen LogP contribution in [0.4, 0.5) is 5.69 Å². The summed E-state index contributed by atoms with van der Waals surface area (Å²) < 4.78 is 0. The van der Waals surface area contributed by atoms with Crippen molar-refractivity contribution < 1.29 is 9.90 Å². The summed E-state index contributed by atoms with van der Waals surface area (Å²) in [4.78, 5) is 12.3. The van der Waals surface area contributed by atoms with E-state index in [0.29, 0.717) is 17.5 Å². The van der Waals surface area contributed by atoms with E-state index in [-0.39, 0.29) is 0 Å². The smallest absolute Gasteiger partial charge is 0.335 e. The zero-order valence-corrected chi connectivity index (χ0v) is 11.2. The zero-order chi connectivity index (χ0) is 13.2. The van der Waals surface area contributed by atoms with Gasteiger partial charge in [-0.15, -0.1) is 11.3 Å². The van der Waals surface area contributed by atoms with Gasteiger partial charge in [-0.3, -0.25) is 0 Å². The molecular weight excluding hydrogens is 258 g/mol. The number of thiophene rings is 1. The van der Waals surface area contributed by atoms with Crippen LogP contribution in [-0.2, 0) is 0 Å². The Labute approximate surface area is 115 Å². The number of carboxylic acids is 1. The Morgan fingerprint density at radius 1 is 1.32 bits per heavy atom. The van der Waals surface area contributed by atoms with Gasteiger partial charge in [0.25, 0.3) is 0 Å². The fraction of sp³-hybridized carbons (Fsp3) is 0.267. The average molecular weight is 273 g/mol. The summed E-state index contributed by atoms with van der Waals surface area (Å²) in [6.45, 7) is 0. The highest BCUT2D eigenvalue weighted by atomic mass is 32.1. The highest BCUT2D eigenvalue weighted by Crippen LogP contribution is 2.44. The first-order valence-corrected chi connectivity index (χ1v) is 7.25. The summed E-state index contributed by atoms with van der Waals surface area (Å²) in [5.74, 6) is -0.213. The lowest BCUT2D eigenvalue weighted by atomic mass is 10.1. The molecule has 0 saturated heterocycles. The fourth-order valence-electron chi connectivity index (χ4n) is 2.24. The molecule has 1 aliphatic carbocycles. The van der Waals surface area contributed by atoms with Crippen molar-refractivity contribution >= 4 is 23.0 Å². The number of rotatable bonds is 5. The minimum absolute atomic E-state index is 0.309. The van der Waals surface area contributed by atoms with Crippen molar-refractivity contribution in [2.45, 2.75) is 18.9 Å². The van der Waals surface area contributed by atoms with Gasteiger partial charge in [0.1, 0.15) is 0 Å². The second-order valence-corrected chi connectivity index (χ2v) is 5.84. The molecule has 1 aliphatic rings. The predicted octanol–water partition coefficient (Wildman–Crippen LogP) is 4.01. The summed E-state index contributed by atoms with van der Waals surface area (Å²) in [5, 5.41) is 14.6. The van der Waals surface area contributed by atoms with Crippen LogP contribution in [0.15, 0.2) is 41.8 Å². The molecule has 0 spiro atoms. The zero-order valence-electron chi connectivity index (χ0n) is 10.4. The SMILES string of the molecule is O=C(O)c1cccc(NC(c2cccs2)C2CC2)c1. The number of carbonyl (C=O) groups is 1. The highest BCUT2D eigenvalue weighted by Gasteiger charge is 2.32. The number of aromatic carboxylic acids is 1. The predicted molar refractivity (Wildman–Crippen MR) is 76.8 cm³/mol. The van der Waals surface area contributed by atoms with Crippen LogP contribution in [0.2, 0.25) is 0 Å². The molecule has 1 aromatic carbocycles. The maximum absolute atomic E-state index is 11.0. The maximum Gasteiger partial charge on any atom is 0.335 e. The Hall–Kier alpha value is -1.81. The molecule has 19 heavy (non-hydrogen) atoms. The summed E-state index contributed by atoms with van der Waals surface area (Å²) >= 11 is 1.75. The van der Waals surface area contributed by atoms with Crippen LogP contribution in [-0.4, -0.2) is 11.1 Å². The van der Waals surface area contributed by atoms with Gasteiger partial charge in [-0.25, -0.2) is 4.79 Å². The van der Waals surface area contributed by atoms with E-state index in [0.717, 1.165) is 5.69 Å². The van der Waals surface area contributed by atoms with Gasteiger partial charge in [-0.05, 0) is 48.4 Å². The number of carboxylic acid groups (broad SMARTS) is 1. The Balaban J connectivity index is 1.82. The molecule has 1 unspecified atom stereocenters. The van der Waals surface area contributed by atoms with Gasteiger partial charge in [0.15, 0.2) is 0 Å². The first-order valence-electron chi connectivity index (χ1n) is 6.37. The van der Waals surface area contributed by atoms with Crippen molar-refractivity contribution in [3.05, 3.63) is 52.2 Å². The van der Waals surface area contributed by atoms with Crippen molar-refractivity contribution in [2.75, 3.05) is 5.32 Å². The van der Waals surface area contributed by atoms with E-state index in [1.165, 1.54) is 17.7 Å². The summed E-state index contributed by atoms with van der Waals surface area (Å²) in [5.41, 5.74) is 1.20. The molecule has 0 bridgehead atoms. The number of hydrogen-bond acceptors (Lipinski definition) is 3. The monoisotopic (exact) mass is 273 g/mol. The first kappa shape index (κ1) is 12.2. The van der Waals surface area contributed by atoms with Crippen LogP contribution in [0.3, 0.4) is 0 Å². The average Bonchev–Trinajstić information content (AvgIpc) is 3.11. The second-order valence-electron chi connectivity index (χ2n) is 4.86. The van der Waals surface area contributed by atoms with Crippen LogP contribution in [0.25, 0.3) is 0 Å². The van der Waals surface area contributed by atoms with Crippen molar-refractivity contribution in [1.29, 1.82) is 0 Å². The van der Waals surface area contributed by atoms with Crippen molar-refractivity contribution in [3.8, 4) is 0 Å². The molecule has 1 aromatic heterocycles. The molecule has 2 aromatic rings. The Kier molecular flexibility index (Phi) is 3.25. The molecule has 0 aliphatic heterocycles. The van der Waals surface area contributed by atoms with E-state index in [1.807, 2.05) is 6.07 Å². The van der Waals surface area contributed by atoms with Crippen molar-refractivity contribution in [2.24, 2.45) is 5.92 Å². The normalized spacial score (nSPS) is 16.0. The summed E-state index contributed by atoms with van der Waals surface area (Å²) in [6, 6.07) is 11.5. The third-order valence-electron chi connectivity index (χ3n) is 3.37. The Morgan fingerprint density at radius 3 is 2.79 bits per heavy atom. The van der Waals surface area contributed by atoms with Crippen LogP contribution in [0.1, 0.15) is 34.1 Å². The van der Waals surface area contributed by atoms with Gasteiger partial charge in [0.05, 0.1) is 11.6 Å². The summed E-state index contributed by atoms with van der Waals surface area (Å²) in [6.07, 6.45) is 2.49. The van der Waals surface area contributed by atoms with Crippen molar-refractivity contribution in [1.82, 2.24) is 0 Å². The van der Waals surface area contributed by atoms with Crippen LogP contribution in [0, 0.1) is 5.92 Å². The molecule has 1 saturated carbocycles. The van der Waals surface area contributed by atoms with E-state index in [1.54, 1.807) is 29.5 Å². The number of nitrogens with one attached hydrogen (secondary N) is 1. The molecule has 0 radical (unpaired) electrons. The number of hydrogen-bond donors (Lipinski definition) is 2. The molecule has 2 N–H and O–H groups in total. The Bertz CT molecular complexity index is 576. The molecule has 1 atom stereocenters. The minimum atomic E-state index is -0.886. The van der Waals surface area contributed by atoms with Crippen molar-refractivity contribution in [3.63, 3.8) is 0 Å². The van der Waals surface area contributed by atoms with E-state index in [9.17, 15) is 4.79 Å². The largest absolute Gasteiger partial charge is 0.478 e. The summed E-state index contributed by atoms with van der Waals surface area (Å²) in [7, 11) is 0. The minimum Gasteiger partial charge on any atom is -0.478 e. The van der Waals surface area contributed by atoms with Crippen LogP contribution < -0.4 is 5.32 Å². The standard InChI is InChI=1S/C15H15NO2S/c17-15(18)11-3-1-4-12(9-11)16-14(10-6-7-10)13-5-2-8-19-13/h1-5,8-10,14,16H,6-7H2,(H,17,18). The van der Waals surface area contributed by atoms with Gasteiger partial charge in [0, 0.05) is 10.6 Å². The van der Waals surface area contributed by atoms with E-state index >= 15 is 0 Å². The second kappa shape index (κ2) is 5.05. The third kappa shape index (κ3) is 2.79. The molecular formula is C15H15NO2S. The molecule has 0 amide bonds. The fourth-order valence-corrected chi connectivity index (χ4v) is 3.11. The van der Waals surface area contributed by atoms with Gasteiger partial charge < -0.3 is 10.4 Å². The maximum atomic E-state index is 11.0. The van der Waals surface area contributed by atoms with Gasteiger partial charge in [-0.1, -0.05) is 12.1 Å². The van der Waals surface area contributed by atoms with Crippen LogP contribution >= 0.6 is 11.3 Å². The van der Waals surface area contributed by atoms with E-state index in [4.69, 9.17) is 5.11 Å². The van der Waals surface area contributed by atoms with Crippen LogP contribution in [0.5, 0.6) is 0 Å². The molecule has 98 valence electrons. The molecule has 1 heterocycles. The lowest BCUT2D eigenvalue weighted by Crippen LogP contribution is -2.12. The van der Waals surface area contributed by atoms with Gasteiger partial charge in [-0.2, -0.15) is 0 Å². The lowest BCUT2D eigenvalue weighted by Gasteiger charge is -2.18. The van der Waals surface area contributed by atoms with Gasteiger partial charge in [0.2, 0.25) is 0 Å². The molecule has 1 fully saturated rings. The molecule has 4 heteroatoms. The Morgan fingerprint density at radius 2 is 2.16 bits per heavy atom. The molecule has 3 nitrogen and oxygen atoms in total.